The first kappa shape index (κ1) is 26.9. The van der Waals surface area contributed by atoms with Gasteiger partial charge in [0.1, 0.15) is 5.75 Å². The predicted molar refractivity (Wildman–Crippen MR) is 144 cm³/mol. The summed E-state index contributed by atoms with van der Waals surface area (Å²) in [6.45, 7) is 6.27. The fourth-order valence-electron chi connectivity index (χ4n) is 3.50. The molecule has 0 bridgehead atoms. The summed E-state index contributed by atoms with van der Waals surface area (Å²) in [4.78, 5) is 18.5. The van der Waals surface area contributed by atoms with E-state index in [2.05, 4.69) is 22.8 Å². The van der Waals surface area contributed by atoms with Gasteiger partial charge in [-0.3, -0.25) is 4.79 Å². The van der Waals surface area contributed by atoms with Gasteiger partial charge in [-0.05, 0) is 55.2 Å². The third-order valence-corrected chi connectivity index (χ3v) is 5.32. The molecule has 0 spiro atoms. The van der Waals surface area contributed by atoms with Crippen LogP contribution >= 0.6 is 24.0 Å². The SMILES string of the molecule is CCOCCCNC(=NCc1ccc(OC)cc1)NCc1ccc(N2CCCC2=O)cc1.I. The van der Waals surface area contributed by atoms with Crippen molar-refractivity contribution in [3.63, 3.8) is 0 Å². The van der Waals surface area contributed by atoms with E-state index in [0.29, 0.717) is 19.5 Å². The topological polar surface area (TPSA) is 75.2 Å². The minimum absolute atomic E-state index is 0. The molecule has 180 valence electrons. The lowest BCUT2D eigenvalue weighted by Gasteiger charge is -2.16. The molecule has 1 heterocycles. The lowest BCUT2D eigenvalue weighted by atomic mass is 10.2. The highest BCUT2D eigenvalue weighted by atomic mass is 127. The van der Waals surface area contributed by atoms with Crippen LogP contribution in [0.15, 0.2) is 53.5 Å². The van der Waals surface area contributed by atoms with Crippen molar-refractivity contribution in [2.24, 2.45) is 4.99 Å². The Balaban J connectivity index is 0.00000385. The molecule has 0 aromatic heterocycles. The molecule has 2 aromatic rings. The van der Waals surface area contributed by atoms with Crippen LogP contribution in [0.4, 0.5) is 5.69 Å². The molecule has 2 N–H and O–H groups in total. The summed E-state index contributed by atoms with van der Waals surface area (Å²) >= 11 is 0. The summed E-state index contributed by atoms with van der Waals surface area (Å²) in [5.41, 5.74) is 3.22. The minimum Gasteiger partial charge on any atom is -0.497 e. The Hall–Kier alpha value is -2.33. The molecule has 1 aliphatic heterocycles. The molecule has 0 unspecified atom stereocenters. The lowest BCUT2D eigenvalue weighted by molar-refractivity contribution is -0.117. The van der Waals surface area contributed by atoms with Crippen molar-refractivity contribution in [1.29, 1.82) is 0 Å². The molecular weight excluding hydrogens is 531 g/mol. The summed E-state index contributed by atoms with van der Waals surface area (Å²) in [7, 11) is 1.66. The first-order valence-corrected chi connectivity index (χ1v) is 11.3. The number of amides is 1. The molecule has 0 saturated carbocycles. The average molecular weight is 566 g/mol. The second kappa shape index (κ2) is 14.7. The van der Waals surface area contributed by atoms with Gasteiger partial charge in [-0.25, -0.2) is 4.99 Å². The lowest BCUT2D eigenvalue weighted by Crippen LogP contribution is -2.37. The van der Waals surface area contributed by atoms with E-state index in [1.54, 1.807) is 7.11 Å². The fourth-order valence-corrected chi connectivity index (χ4v) is 3.50. The van der Waals surface area contributed by atoms with Crippen molar-refractivity contribution in [2.75, 3.05) is 38.3 Å². The number of methoxy groups -OCH3 is 1. The smallest absolute Gasteiger partial charge is 0.227 e. The van der Waals surface area contributed by atoms with Crippen molar-refractivity contribution >= 4 is 41.5 Å². The number of anilines is 1. The maximum Gasteiger partial charge on any atom is 0.227 e. The Morgan fingerprint density at radius 2 is 1.79 bits per heavy atom. The normalized spacial score (nSPS) is 13.6. The van der Waals surface area contributed by atoms with Crippen LogP contribution in [-0.2, 0) is 22.6 Å². The number of nitrogens with one attached hydrogen (secondary N) is 2. The first-order chi connectivity index (χ1) is 15.7. The highest BCUT2D eigenvalue weighted by molar-refractivity contribution is 14.0. The first-order valence-electron chi connectivity index (χ1n) is 11.3. The zero-order valence-corrected chi connectivity index (χ0v) is 21.8. The van der Waals surface area contributed by atoms with Gasteiger partial charge in [0.15, 0.2) is 5.96 Å². The number of hydrogen-bond acceptors (Lipinski definition) is 4. The van der Waals surface area contributed by atoms with E-state index in [0.717, 1.165) is 67.7 Å². The zero-order valence-electron chi connectivity index (χ0n) is 19.5. The van der Waals surface area contributed by atoms with E-state index in [1.165, 1.54) is 0 Å². The molecule has 1 fully saturated rings. The Bertz CT molecular complexity index is 872. The third kappa shape index (κ3) is 8.85. The van der Waals surface area contributed by atoms with Crippen LogP contribution in [0.25, 0.3) is 0 Å². The van der Waals surface area contributed by atoms with Crippen molar-refractivity contribution in [2.45, 2.75) is 39.3 Å². The largest absolute Gasteiger partial charge is 0.497 e. The average Bonchev–Trinajstić information content (AvgIpc) is 3.26. The molecule has 1 aliphatic rings. The highest BCUT2D eigenvalue weighted by Gasteiger charge is 2.21. The maximum absolute atomic E-state index is 11.9. The molecule has 33 heavy (non-hydrogen) atoms. The van der Waals surface area contributed by atoms with E-state index in [9.17, 15) is 4.79 Å². The van der Waals surface area contributed by atoms with E-state index in [4.69, 9.17) is 14.5 Å². The van der Waals surface area contributed by atoms with Crippen LogP contribution in [0.5, 0.6) is 5.75 Å². The number of carbonyl (C=O) groups is 1. The fraction of sp³-hybridized carbons (Fsp3) is 0.440. The molecule has 2 aromatic carbocycles. The minimum atomic E-state index is 0. The summed E-state index contributed by atoms with van der Waals surface area (Å²) in [6.07, 6.45) is 2.49. The number of benzene rings is 2. The number of nitrogens with zero attached hydrogens (tertiary/aromatic N) is 2. The number of carbonyl (C=O) groups excluding carboxylic acids is 1. The second-order valence-electron chi connectivity index (χ2n) is 7.66. The van der Waals surface area contributed by atoms with Gasteiger partial charge in [0, 0.05) is 45.0 Å². The van der Waals surface area contributed by atoms with Crippen molar-refractivity contribution in [1.82, 2.24) is 10.6 Å². The third-order valence-electron chi connectivity index (χ3n) is 5.32. The van der Waals surface area contributed by atoms with Gasteiger partial charge in [-0.1, -0.05) is 24.3 Å². The van der Waals surface area contributed by atoms with Crippen LogP contribution in [0.2, 0.25) is 0 Å². The summed E-state index contributed by atoms with van der Waals surface area (Å²) in [5.74, 6) is 1.81. The van der Waals surface area contributed by atoms with Crippen molar-refractivity contribution in [3.05, 3.63) is 59.7 Å². The van der Waals surface area contributed by atoms with Crippen molar-refractivity contribution in [3.8, 4) is 5.75 Å². The Morgan fingerprint density at radius 1 is 1.06 bits per heavy atom. The molecule has 0 radical (unpaired) electrons. The number of halogens is 1. The molecule has 3 rings (SSSR count). The van der Waals surface area contributed by atoms with E-state index < -0.39 is 0 Å². The van der Waals surface area contributed by atoms with Crippen molar-refractivity contribution < 1.29 is 14.3 Å². The van der Waals surface area contributed by atoms with Gasteiger partial charge < -0.3 is 25.0 Å². The molecule has 0 atom stereocenters. The van der Waals surface area contributed by atoms with Gasteiger partial charge in [0.05, 0.1) is 13.7 Å². The summed E-state index contributed by atoms with van der Waals surface area (Å²) < 4.78 is 10.6. The van der Waals surface area contributed by atoms with Crippen LogP contribution in [0, 0.1) is 0 Å². The monoisotopic (exact) mass is 566 g/mol. The maximum atomic E-state index is 11.9. The van der Waals surface area contributed by atoms with Gasteiger partial charge in [0.2, 0.25) is 5.91 Å². The number of aliphatic imine (C=N–C) groups is 1. The molecular formula is C25H35IN4O3. The van der Waals surface area contributed by atoms with Crippen LogP contribution in [-0.4, -0.2) is 45.3 Å². The molecule has 1 saturated heterocycles. The van der Waals surface area contributed by atoms with Gasteiger partial charge in [-0.15, -0.1) is 24.0 Å². The number of guanidine groups is 1. The van der Waals surface area contributed by atoms with Crippen LogP contribution in [0.3, 0.4) is 0 Å². The Morgan fingerprint density at radius 3 is 2.42 bits per heavy atom. The summed E-state index contributed by atoms with van der Waals surface area (Å²) in [5, 5.41) is 6.80. The zero-order chi connectivity index (χ0) is 22.6. The van der Waals surface area contributed by atoms with E-state index >= 15 is 0 Å². The molecule has 1 amide bonds. The van der Waals surface area contributed by atoms with E-state index in [-0.39, 0.29) is 29.9 Å². The van der Waals surface area contributed by atoms with Crippen LogP contribution in [0.1, 0.15) is 37.3 Å². The number of hydrogen-bond donors (Lipinski definition) is 2. The Labute approximate surface area is 214 Å². The highest BCUT2D eigenvalue weighted by Crippen LogP contribution is 2.21. The van der Waals surface area contributed by atoms with Crippen LogP contribution < -0.4 is 20.3 Å². The molecule has 0 aliphatic carbocycles. The predicted octanol–water partition coefficient (Wildman–Crippen LogP) is 4.10. The van der Waals surface area contributed by atoms with Gasteiger partial charge in [-0.2, -0.15) is 0 Å². The van der Waals surface area contributed by atoms with Gasteiger partial charge in [0.25, 0.3) is 0 Å². The van der Waals surface area contributed by atoms with Gasteiger partial charge >= 0.3 is 0 Å². The second-order valence-corrected chi connectivity index (χ2v) is 7.66. The standard InChI is InChI=1S/C25H34N4O3.HI/c1-3-32-17-5-15-26-25(28-19-21-9-13-23(31-2)14-10-21)27-18-20-7-11-22(12-8-20)29-16-4-6-24(29)30;/h7-14H,3-6,15-19H2,1-2H3,(H2,26,27,28);1H. The quantitative estimate of drug-likeness (QED) is 0.186. The Kier molecular flexibility index (Phi) is 12.0. The van der Waals surface area contributed by atoms with E-state index in [1.807, 2.05) is 48.2 Å². The summed E-state index contributed by atoms with van der Waals surface area (Å²) in [6, 6.07) is 16.1. The number of ether oxygens (including phenoxy) is 2. The molecule has 7 nitrogen and oxygen atoms in total. The number of rotatable bonds is 11. The molecule has 8 heteroatoms.